The Bertz CT molecular complexity index is 1030. The number of benzene rings is 2. The van der Waals surface area contributed by atoms with Crippen LogP contribution in [0, 0.1) is 17.6 Å². The standard InChI is InChI=1S/C27H33F2N3O3/c1-18(2)26(27(35)30-15-7-10-19-8-4-3-5-9-19)31-23(33)16-21-13-14-24(34)32(21)17-20-11-6-12-22(28)25(20)29/h3-6,8-9,11-12,18,21,26H,7,10,13-17H2,1-2H3,(H,30,35)(H,31,33)/t21-,26?/m0/s1. The number of likely N-dealkylation sites (tertiary alicyclic amines) is 1. The fraction of sp³-hybridized carbons (Fsp3) is 0.444. The maximum atomic E-state index is 14.1. The lowest BCUT2D eigenvalue weighted by Crippen LogP contribution is -2.51. The smallest absolute Gasteiger partial charge is 0.242 e. The highest BCUT2D eigenvalue weighted by atomic mass is 19.2. The first-order valence-corrected chi connectivity index (χ1v) is 12.1. The molecule has 0 radical (unpaired) electrons. The highest BCUT2D eigenvalue weighted by Crippen LogP contribution is 2.25. The molecule has 8 heteroatoms. The van der Waals surface area contributed by atoms with E-state index in [4.69, 9.17) is 0 Å². The van der Waals surface area contributed by atoms with E-state index in [1.807, 2.05) is 44.2 Å². The molecule has 3 amide bonds. The predicted molar refractivity (Wildman–Crippen MR) is 129 cm³/mol. The van der Waals surface area contributed by atoms with Crippen LogP contribution in [0.15, 0.2) is 48.5 Å². The molecule has 0 saturated carbocycles. The highest BCUT2D eigenvalue weighted by Gasteiger charge is 2.34. The van der Waals surface area contributed by atoms with Crippen LogP contribution in [0.4, 0.5) is 8.78 Å². The number of nitrogens with one attached hydrogen (secondary N) is 2. The molecule has 3 rings (SSSR count). The minimum absolute atomic E-state index is 0.00676. The number of carbonyl (C=O) groups excluding carboxylic acids is 3. The lowest BCUT2D eigenvalue weighted by molar-refractivity contribution is -0.132. The van der Waals surface area contributed by atoms with Gasteiger partial charge in [-0.05, 0) is 36.8 Å². The second-order valence-electron chi connectivity index (χ2n) is 9.30. The van der Waals surface area contributed by atoms with Crippen molar-refractivity contribution >= 4 is 17.7 Å². The Balaban J connectivity index is 1.52. The van der Waals surface area contributed by atoms with Gasteiger partial charge in [0, 0.05) is 37.5 Å². The SMILES string of the molecule is CC(C)C(NC(=O)C[C@@H]1CCC(=O)N1Cc1cccc(F)c1F)C(=O)NCCCc1ccccc1. The molecule has 1 aliphatic rings. The molecule has 0 aliphatic carbocycles. The molecule has 2 aromatic rings. The van der Waals surface area contributed by atoms with Crippen molar-refractivity contribution in [2.45, 2.75) is 64.6 Å². The molecule has 0 bridgehead atoms. The van der Waals surface area contributed by atoms with E-state index in [0.717, 1.165) is 18.9 Å². The lowest BCUT2D eigenvalue weighted by atomic mass is 10.0. The van der Waals surface area contributed by atoms with Crippen LogP contribution in [0.1, 0.15) is 50.7 Å². The average molecular weight is 486 g/mol. The van der Waals surface area contributed by atoms with Gasteiger partial charge in [0.25, 0.3) is 0 Å². The number of nitrogens with zero attached hydrogens (tertiary/aromatic N) is 1. The van der Waals surface area contributed by atoms with Gasteiger partial charge < -0.3 is 15.5 Å². The Morgan fingerprint density at radius 1 is 1.09 bits per heavy atom. The van der Waals surface area contributed by atoms with Crippen LogP contribution in [0.5, 0.6) is 0 Å². The monoisotopic (exact) mass is 485 g/mol. The van der Waals surface area contributed by atoms with Crippen LogP contribution in [0.25, 0.3) is 0 Å². The van der Waals surface area contributed by atoms with Crippen molar-refractivity contribution in [1.29, 1.82) is 0 Å². The molecule has 1 aliphatic heterocycles. The molecule has 2 atom stereocenters. The molecule has 1 fully saturated rings. The summed E-state index contributed by atoms with van der Waals surface area (Å²) in [4.78, 5) is 39.3. The number of aryl methyl sites for hydroxylation is 1. The molecule has 35 heavy (non-hydrogen) atoms. The average Bonchev–Trinajstić information content (AvgIpc) is 3.17. The van der Waals surface area contributed by atoms with Gasteiger partial charge in [-0.25, -0.2) is 8.78 Å². The third kappa shape index (κ3) is 7.34. The lowest BCUT2D eigenvalue weighted by Gasteiger charge is -2.27. The quantitative estimate of drug-likeness (QED) is 0.476. The Kier molecular flexibility index (Phi) is 9.34. The van der Waals surface area contributed by atoms with E-state index in [1.165, 1.54) is 22.6 Å². The van der Waals surface area contributed by atoms with E-state index >= 15 is 0 Å². The molecule has 188 valence electrons. The van der Waals surface area contributed by atoms with Crippen molar-refractivity contribution in [1.82, 2.24) is 15.5 Å². The first kappa shape index (κ1) is 26.3. The molecule has 6 nitrogen and oxygen atoms in total. The van der Waals surface area contributed by atoms with Gasteiger partial charge in [-0.15, -0.1) is 0 Å². The van der Waals surface area contributed by atoms with Gasteiger partial charge in [0.05, 0.1) is 0 Å². The highest BCUT2D eigenvalue weighted by molar-refractivity contribution is 5.88. The van der Waals surface area contributed by atoms with Crippen molar-refractivity contribution in [3.05, 3.63) is 71.3 Å². The Hall–Kier alpha value is -3.29. The van der Waals surface area contributed by atoms with Crippen LogP contribution in [-0.4, -0.2) is 41.2 Å². The van der Waals surface area contributed by atoms with Crippen molar-refractivity contribution in [2.24, 2.45) is 5.92 Å². The van der Waals surface area contributed by atoms with E-state index < -0.39 is 23.7 Å². The van der Waals surface area contributed by atoms with Crippen LogP contribution in [-0.2, 0) is 27.3 Å². The van der Waals surface area contributed by atoms with Gasteiger partial charge in [0.2, 0.25) is 17.7 Å². The summed E-state index contributed by atoms with van der Waals surface area (Å²) in [5, 5.41) is 5.70. The third-order valence-corrected chi connectivity index (χ3v) is 6.30. The van der Waals surface area contributed by atoms with Gasteiger partial charge in [-0.1, -0.05) is 56.3 Å². The van der Waals surface area contributed by atoms with Crippen molar-refractivity contribution in [2.75, 3.05) is 6.54 Å². The van der Waals surface area contributed by atoms with Crippen LogP contribution >= 0.6 is 0 Å². The maximum absolute atomic E-state index is 14.1. The topological polar surface area (TPSA) is 78.5 Å². The van der Waals surface area contributed by atoms with Gasteiger partial charge in [-0.3, -0.25) is 14.4 Å². The minimum atomic E-state index is -0.987. The zero-order valence-corrected chi connectivity index (χ0v) is 20.2. The summed E-state index contributed by atoms with van der Waals surface area (Å²) < 4.78 is 27.7. The summed E-state index contributed by atoms with van der Waals surface area (Å²) in [5.41, 5.74) is 1.27. The zero-order valence-electron chi connectivity index (χ0n) is 20.2. The Morgan fingerprint density at radius 2 is 1.83 bits per heavy atom. The van der Waals surface area contributed by atoms with Gasteiger partial charge in [0.1, 0.15) is 6.04 Å². The predicted octanol–water partition coefficient (Wildman–Crippen LogP) is 3.74. The van der Waals surface area contributed by atoms with Gasteiger partial charge in [-0.2, -0.15) is 0 Å². The zero-order chi connectivity index (χ0) is 25.4. The van der Waals surface area contributed by atoms with E-state index in [2.05, 4.69) is 10.6 Å². The normalized spacial score (nSPS) is 16.4. The fourth-order valence-corrected chi connectivity index (χ4v) is 4.32. The summed E-state index contributed by atoms with van der Waals surface area (Å²) in [6, 6.07) is 12.7. The largest absolute Gasteiger partial charge is 0.354 e. The van der Waals surface area contributed by atoms with Crippen LogP contribution < -0.4 is 10.6 Å². The number of carbonyl (C=O) groups is 3. The van der Waals surface area contributed by atoms with Crippen molar-refractivity contribution in [3.63, 3.8) is 0 Å². The number of rotatable bonds is 11. The summed E-state index contributed by atoms with van der Waals surface area (Å²) >= 11 is 0. The van der Waals surface area contributed by atoms with E-state index in [-0.39, 0.29) is 48.6 Å². The maximum Gasteiger partial charge on any atom is 0.242 e. The Morgan fingerprint density at radius 3 is 2.54 bits per heavy atom. The number of hydrogen-bond donors (Lipinski definition) is 2. The minimum Gasteiger partial charge on any atom is -0.354 e. The van der Waals surface area contributed by atoms with E-state index in [1.54, 1.807) is 0 Å². The first-order valence-electron chi connectivity index (χ1n) is 12.1. The summed E-state index contributed by atoms with van der Waals surface area (Å²) in [6.07, 6.45) is 2.31. The summed E-state index contributed by atoms with van der Waals surface area (Å²) in [6.45, 7) is 4.10. The van der Waals surface area contributed by atoms with E-state index in [9.17, 15) is 23.2 Å². The molecule has 1 saturated heterocycles. The van der Waals surface area contributed by atoms with Crippen LogP contribution in [0.3, 0.4) is 0 Å². The second-order valence-corrected chi connectivity index (χ2v) is 9.30. The molecular weight excluding hydrogens is 452 g/mol. The summed E-state index contributed by atoms with van der Waals surface area (Å²) in [7, 11) is 0. The Labute approximate surface area is 205 Å². The molecule has 1 heterocycles. The molecule has 2 aromatic carbocycles. The molecule has 2 N–H and O–H groups in total. The third-order valence-electron chi connectivity index (χ3n) is 6.30. The van der Waals surface area contributed by atoms with Crippen molar-refractivity contribution < 1.29 is 23.2 Å². The van der Waals surface area contributed by atoms with E-state index in [0.29, 0.717) is 13.0 Å². The second kappa shape index (κ2) is 12.4. The molecular formula is C27H33F2N3O3. The molecule has 1 unspecified atom stereocenters. The molecule has 0 aromatic heterocycles. The number of hydrogen-bond acceptors (Lipinski definition) is 3. The molecule has 0 spiro atoms. The number of halogens is 2. The fourth-order valence-electron chi connectivity index (χ4n) is 4.32. The number of amides is 3. The van der Waals surface area contributed by atoms with Gasteiger partial charge in [0.15, 0.2) is 11.6 Å². The summed E-state index contributed by atoms with van der Waals surface area (Å²) in [5.74, 6) is -2.90. The van der Waals surface area contributed by atoms with Gasteiger partial charge >= 0.3 is 0 Å². The first-order chi connectivity index (χ1) is 16.8. The van der Waals surface area contributed by atoms with Crippen LogP contribution in [0.2, 0.25) is 0 Å². The van der Waals surface area contributed by atoms with Crippen molar-refractivity contribution in [3.8, 4) is 0 Å².